The summed E-state index contributed by atoms with van der Waals surface area (Å²) in [6.07, 6.45) is 0. The van der Waals surface area contributed by atoms with Gasteiger partial charge in [-0.3, -0.25) is 9.69 Å². The molecule has 9 heteroatoms. The molecule has 1 amide bonds. The third kappa shape index (κ3) is 5.54. The van der Waals surface area contributed by atoms with Gasteiger partial charge in [-0.15, -0.1) is 0 Å². The lowest BCUT2D eigenvalue weighted by molar-refractivity contribution is -0.122. The zero-order valence-corrected chi connectivity index (χ0v) is 20.9. The summed E-state index contributed by atoms with van der Waals surface area (Å²) >= 11 is 0. The van der Waals surface area contributed by atoms with E-state index in [1.54, 1.807) is 24.3 Å². The van der Waals surface area contributed by atoms with Gasteiger partial charge in [-0.05, 0) is 36.8 Å². The van der Waals surface area contributed by atoms with E-state index in [1.165, 1.54) is 4.31 Å². The summed E-state index contributed by atoms with van der Waals surface area (Å²) in [5.41, 5.74) is 1.80. The summed E-state index contributed by atoms with van der Waals surface area (Å²) in [5, 5.41) is 3.04. The summed E-state index contributed by atoms with van der Waals surface area (Å²) in [4.78, 5) is 14.9. The van der Waals surface area contributed by atoms with Crippen LogP contribution in [0.5, 0.6) is 11.5 Å². The van der Waals surface area contributed by atoms with Crippen LogP contribution in [0.2, 0.25) is 0 Å². The molecule has 2 aromatic rings. The van der Waals surface area contributed by atoms with Gasteiger partial charge in [-0.2, -0.15) is 4.31 Å². The lowest BCUT2D eigenvalue weighted by atomic mass is 9.84. The fourth-order valence-electron chi connectivity index (χ4n) is 4.13. The number of rotatable bonds is 7. The lowest BCUT2D eigenvalue weighted by Crippen LogP contribution is -2.51. The minimum atomic E-state index is -3.51. The van der Waals surface area contributed by atoms with E-state index < -0.39 is 10.0 Å². The number of piperazine rings is 1. The molecule has 0 bridgehead atoms. The van der Waals surface area contributed by atoms with Gasteiger partial charge >= 0.3 is 0 Å². The molecule has 1 fully saturated rings. The van der Waals surface area contributed by atoms with E-state index in [1.807, 2.05) is 30.0 Å². The van der Waals surface area contributed by atoms with Crippen LogP contribution >= 0.6 is 0 Å². The highest BCUT2D eigenvalue weighted by molar-refractivity contribution is 7.89. The number of ether oxygens (including phenoxy) is 2. The summed E-state index contributed by atoms with van der Waals surface area (Å²) < 4.78 is 38.5. The highest BCUT2D eigenvalue weighted by atomic mass is 32.2. The molecule has 0 aromatic heterocycles. The van der Waals surface area contributed by atoms with E-state index in [-0.39, 0.29) is 17.9 Å². The van der Waals surface area contributed by atoms with Crippen molar-refractivity contribution in [2.75, 3.05) is 52.5 Å². The molecule has 0 saturated carbocycles. The number of sulfonamides is 1. The molecule has 0 aliphatic carbocycles. The number of hydrogen-bond acceptors (Lipinski definition) is 6. The second-order valence-electron chi connectivity index (χ2n) is 9.51. The van der Waals surface area contributed by atoms with Crippen molar-refractivity contribution in [3.05, 3.63) is 53.6 Å². The van der Waals surface area contributed by atoms with Crippen LogP contribution in [0.25, 0.3) is 0 Å². The Morgan fingerprint density at radius 2 is 1.62 bits per heavy atom. The second-order valence-corrected chi connectivity index (χ2v) is 11.5. The minimum absolute atomic E-state index is 0.0690. The van der Waals surface area contributed by atoms with Gasteiger partial charge in [0.2, 0.25) is 15.9 Å². The summed E-state index contributed by atoms with van der Waals surface area (Å²) in [6.45, 7) is 9.67. The second kappa shape index (κ2) is 9.93. The molecule has 0 radical (unpaired) electrons. The summed E-state index contributed by atoms with van der Waals surface area (Å²) in [7, 11) is -3.51. The van der Waals surface area contributed by atoms with E-state index in [0.717, 1.165) is 22.6 Å². The molecule has 0 spiro atoms. The predicted molar refractivity (Wildman–Crippen MR) is 130 cm³/mol. The van der Waals surface area contributed by atoms with Gasteiger partial charge in [0.25, 0.3) is 0 Å². The molecule has 1 saturated heterocycles. The quantitative estimate of drug-likeness (QED) is 0.644. The van der Waals surface area contributed by atoms with Gasteiger partial charge in [0.05, 0.1) is 11.4 Å². The Morgan fingerprint density at radius 1 is 0.971 bits per heavy atom. The van der Waals surface area contributed by atoms with E-state index in [4.69, 9.17) is 9.47 Å². The largest absolute Gasteiger partial charge is 0.486 e. The van der Waals surface area contributed by atoms with Crippen LogP contribution in [0, 0.1) is 6.92 Å². The number of aryl methyl sites for hydroxylation is 1. The molecular formula is C25H33N3O5S. The van der Waals surface area contributed by atoms with Crippen LogP contribution in [0.4, 0.5) is 0 Å². The van der Waals surface area contributed by atoms with Crippen molar-refractivity contribution in [3.8, 4) is 11.5 Å². The lowest BCUT2D eigenvalue weighted by Gasteiger charge is -2.34. The van der Waals surface area contributed by atoms with Gasteiger partial charge in [-0.25, -0.2) is 8.42 Å². The molecule has 2 heterocycles. The first-order valence-electron chi connectivity index (χ1n) is 11.6. The SMILES string of the molecule is Cc1ccc(S(=O)(=O)N2CCN(CC(=O)NCC(C)(C)c3ccc4c(c3)OCCO4)CC2)cc1. The average molecular weight is 488 g/mol. The van der Waals surface area contributed by atoms with Crippen molar-refractivity contribution in [2.45, 2.75) is 31.1 Å². The minimum Gasteiger partial charge on any atom is -0.486 e. The fourth-order valence-corrected chi connectivity index (χ4v) is 5.55. The molecule has 1 N–H and O–H groups in total. The Bertz CT molecular complexity index is 1120. The van der Waals surface area contributed by atoms with Crippen molar-refractivity contribution >= 4 is 15.9 Å². The molecule has 184 valence electrons. The third-order valence-corrected chi connectivity index (χ3v) is 8.32. The van der Waals surface area contributed by atoms with Crippen molar-refractivity contribution in [2.24, 2.45) is 0 Å². The highest BCUT2D eigenvalue weighted by Crippen LogP contribution is 2.34. The number of nitrogens with one attached hydrogen (secondary N) is 1. The van der Waals surface area contributed by atoms with Crippen molar-refractivity contribution in [1.29, 1.82) is 0 Å². The summed E-state index contributed by atoms with van der Waals surface area (Å²) in [6, 6.07) is 12.8. The topological polar surface area (TPSA) is 88.2 Å². The number of amides is 1. The predicted octanol–water partition coefficient (Wildman–Crippen LogP) is 2.17. The Labute approximate surface area is 201 Å². The Morgan fingerprint density at radius 3 is 2.29 bits per heavy atom. The van der Waals surface area contributed by atoms with E-state index in [2.05, 4.69) is 19.2 Å². The van der Waals surface area contributed by atoms with Crippen molar-refractivity contribution < 1.29 is 22.7 Å². The smallest absolute Gasteiger partial charge is 0.243 e. The number of hydrogen-bond donors (Lipinski definition) is 1. The van der Waals surface area contributed by atoms with Gasteiger partial charge in [0.15, 0.2) is 11.5 Å². The molecular weight excluding hydrogens is 454 g/mol. The molecule has 2 aliphatic rings. The Kier molecular flexibility index (Phi) is 7.16. The van der Waals surface area contributed by atoms with Crippen LogP contribution in [-0.2, 0) is 20.2 Å². The molecule has 4 rings (SSSR count). The normalized spacial score (nSPS) is 17.4. The number of fused-ring (bicyclic) bond motifs is 1. The first-order chi connectivity index (χ1) is 16.1. The first kappa shape index (κ1) is 24.5. The van der Waals surface area contributed by atoms with Gasteiger partial charge < -0.3 is 14.8 Å². The standard InChI is InChI=1S/C25H33N3O5S/c1-19-4-7-21(8-5-19)34(30,31)28-12-10-27(11-13-28)17-24(29)26-18-25(2,3)20-6-9-22-23(16-20)33-15-14-32-22/h4-9,16H,10-15,17-18H2,1-3H3,(H,26,29). The van der Waals surface area contributed by atoms with Gasteiger partial charge in [0.1, 0.15) is 13.2 Å². The molecule has 2 aromatic carbocycles. The maximum absolute atomic E-state index is 12.9. The van der Waals surface area contributed by atoms with Crippen molar-refractivity contribution in [3.63, 3.8) is 0 Å². The Balaban J connectivity index is 1.27. The zero-order valence-electron chi connectivity index (χ0n) is 20.0. The Hall–Kier alpha value is -2.62. The first-order valence-corrected chi connectivity index (χ1v) is 13.1. The number of nitrogens with zero attached hydrogens (tertiary/aromatic N) is 2. The van der Waals surface area contributed by atoms with Crippen LogP contribution in [0.1, 0.15) is 25.0 Å². The van der Waals surface area contributed by atoms with E-state index >= 15 is 0 Å². The van der Waals surface area contributed by atoms with Crippen LogP contribution in [0.3, 0.4) is 0 Å². The number of carbonyl (C=O) groups excluding carboxylic acids is 1. The van der Waals surface area contributed by atoms with Crippen LogP contribution in [-0.4, -0.2) is 76.0 Å². The third-order valence-electron chi connectivity index (χ3n) is 6.41. The molecule has 2 aliphatic heterocycles. The maximum Gasteiger partial charge on any atom is 0.243 e. The van der Waals surface area contributed by atoms with Gasteiger partial charge in [0, 0.05) is 38.1 Å². The van der Waals surface area contributed by atoms with Crippen LogP contribution < -0.4 is 14.8 Å². The fraction of sp³-hybridized carbons (Fsp3) is 0.480. The number of benzene rings is 2. The highest BCUT2D eigenvalue weighted by Gasteiger charge is 2.29. The average Bonchev–Trinajstić information content (AvgIpc) is 2.83. The van der Waals surface area contributed by atoms with Crippen molar-refractivity contribution in [1.82, 2.24) is 14.5 Å². The molecule has 34 heavy (non-hydrogen) atoms. The van der Waals surface area contributed by atoms with E-state index in [9.17, 15) is 13.2 Å². The van der Waals surface area contributed by atoms with E-state index in [0.29, 0.717) is 50.8 Å². The summed E-state index contributed by atoms with van der Waals surface area (Å²) in [5.74, 6) is 1.42. The molecule has 0 unspecified atom stereocenters. The van der Waals surface area contributed by atoms with Gasteiger partial charge in [-0.1, -0.05) is 37.6 Å². The maximum atomic E-state index is 12.9. The number of carbonyl (C=O) groups is 1. The monoisotopic (exact) mass is 487 g/mol. The molecule has 0 atom stereocenters. The zero-order chi connectivity index (χ0) is 24.3. The molecule has 8 nitrogen and oxygen atoms in total. The van der Waals surface area contributed by atoms with Crippen LogP contribution in [0.15, 0.2) is 47.4 Å².